The third-order valence-corrected chi connectivity index (χ3v) is 2.32. The average molecular weight is 217 g/mol. The standard InChI is InChI=1S/C12H15N3O/c1-15-8-7-14-12(15)10-2-4-11(5-3-10)16-9-6-13/h2-5,7-8H,6,9,13H2,1H3. The molecule has 0 radical (unpaired) electrons. The second kappa shape index (κ2) is 4.81. The Morgan fingerprint density at radius 3 is 2.62 bits per heavy atom. The van der Waals surface area contributed by atoms with Crippen molar-refractivity contribution in [1.29, 1.82) is 0 Å². The van der Waals surface area contributed by atoms with Gasteiger partial charge in [-0.25, -0.2) is 4.98 Å². The number of nitrogens with zero attached hydrogens (tertiary/aromatic N) is 2. The zero-order chi connectivity index (χ0) is 11.4. The molecule has 1 heterocycles. The first-order chi connectivity index (χ1) is 7.81. The minimum atomic E-state index is 0.529. The van der Waals surface area contributed by atoms with Crippen LogP contribution in [0.2, 0.25) is 0 Å². The molecule has 0 bridgehead atoms. The van der Waals surface area contributed by atoms with Crippen molar-refractivity contribution in [2.45, 2.75) is 0 Å². The van der Waals surface area contributed by atoms with Crippen molar-refractivity contribution in [3.63, 3.8) is 0 Å². The fourth-order valence-electron chi connectivity index (χ4n) is 1.52. The Labute approximate surface area is 94.7 Å². The van der Waals surface area contributed by atoms with Gasteiger partial charge in [0.15, 0.2) is 0 Å². The van der Waals surface area contributed by atoms with Crippen molar-refractivity contribution >= 4 is 0 Å². The summed E-state index contributed by atoms with van der Waals surface area (Å²) in [6.45, 7) is 1.07. The number of aryl methyl sites for hydroxylation is 1. The van der Waals surface area contributed by atoms with E-state index >= 15 is 0 Å². The molecule has 0 spiro atoms. The van der Waals surface area contributed by atoms with Gasteiger partial charge in [0.05, 0.1) is 0 Å². The predicted octanol–water partition coefficient (Wildman–Crippen LogP) is 1.42. The van der Waals surface area contributed by atoms with Crippen LogP contribution in [0.25, 0.3) is 11.4 Å². The Morgan fingerprint density at radius 2 is 2.06 bits per heavy atom. The summed E-state index contributed by atoms with van der Waals surface area (Å²) >= 11 is 0. The molecule has 0 saturated heterocycles. The van der Waals surface area contributed by atoms with Gasteiger partial charge in [-0.1, -0.05) is 0 Å². The molecule has 0 unspecified atom stereocenters. The van der Waals surface area contributed by atoms with Crippen LogP contribution in [0.4, 0.5) is 0 Å². The van der Waals surface area contributed by atoms with Crippen molar-refractivity contribution in [3.8, 4) is 17.1 Å². The average Bonchev–Trinajstić information content (AvgIpc) is 2.74. The van der Waals surface area contributed by atoms with Crippen molar-refractivity contribution in [2.75, 3.05) is 13.2 Å². The van der Waals surface area contributed by atoms with Crippen LogP contribution in [0.1, 0.15) is 0 Å². The van der Waals surface area contributed by atoms with Crippen LogP contribution in [0.3, 0.4) is 0 Å². The molecule has 2 rings (SSSR count). The van der Waals surface area contributed by atoms with E-state index in [9.17, 15) is 0 Å². The molecule has 0 atom stereocenters. The number of hydrogen-bond donors (Lipinski definition) is 1. The van der Waals surface area contributed by atoms with Crippen LogP contribution in [-0.4, -0.2) is 22.7 Å². The molecule has 1 aromatic carbocycles. The summed E-state index contributed by atoms with van der Waals surface area (Å²) in [4.78, 5) is 4.28. The van der Waals surface area contributed by atoms with E-state index in [1.807, 2.05) is 42.1 Å². The highest BCUT2D eigenvalue weighted by molar-refractivity contribution is 5.56. The summed E-state index contributed by atoms with van der Waals surface area (Å²) in [7, 11) is 1.97. The summed E-state index contributed by atoms with van der Waals surface area (Å²) < 4.78 is 7.39. The Morgan fingerprint density at radius 1 is 1.31 bits per heavy atom. The summed E-state index contributed by atoms with van der Waals surface area (Å²) in [5.74, 6) is 1.79. The number of hydrogen-bond acceptors (Lipinski definition) is 3. The molecule has 0 saturated carbocycles. The van der Waals surface area contributed by atoms with E-state index in [1.165, 1.54) is 0 Å². The Hall–Kier alpha value is -1.81. The van der Waals surface area contributed by atoms with E-state index in [1.54, 1.807) is 6.20 Å². The van der Waals surface area contributed by atoms with Gasteiger partial charge in [-0.15, -0.1) is 0 Å². The Kier molecular flexibility index (Phi) is 3.22. The second-order valence-electron chi connectivity index (χ2n) is 3.52. The number of imidazole rings is 1. The maximum absolute atomic E-state index is 5.41. The van der Waals surface area contributed by atoms with Crippen molar-refractivity contribution in [2.24, 2.45) is 12.8 Å². The lowest BCUT2D eigenvalue weighted by Crippen LogP contribution is -2.10. The minimum absolute atomic E-state index is 0.529. The lowest BCUT2D eigenvalue weighted by molar-refractivity contribution is 0.328. The van der Waals surface area contributed by atoms with Crippen molar-refractivity contribution in [3.05, 3.63) is 36.7 Å². The normalized spacial score (nSPS) is 10.4. The lowest BCUT2D eigenvalue weighted by Gasteiger charge is -2.05. The molecule has 2 aromatic rings. The fraction of sp³-hybridized carbons (Fsp3) is 0.250. The van der Waals surface area contributed by atoms with Crippen LogP contribution in [0.5, 0.6) is 5.75 Å². The van der Waals surface area contributed by atoms with E-state index in [-0.39, 0.29) is 0 Å². The number of nitrogens with two attached hydrogens (primary N) is 1. The third-order valence-electron chi connectivity index (χ3n) is 2.32. The third kappa shape index (κ3) is 2.23. The first-order valence-corrected chi connectivity index (χ1v) is 5.22. The van der Waals surface area contributed by atoms with E-state index < -0.39 is 0 Å². The fourth-order valence-corrected chi connectivity index (χ4v) is 1.52. The summed E-state index contributed by atoms with van der Waals surface area (Å²) in [6.07, 6.45) is 3.71. The van der Waals surface area contributed by atoms with Crippen LogP contribution in [0, 0.1) is 0 Å². The lowest BCUT2D eigenvalue weighted by atomic mass is 10.2. The monoisotopic (exact) mass is 217 g/mol. The van der Waals surface area contributed by atoms with Crippen LogP contribution < -0.4 is 10.5 Å². The predicted molar refractivity (Wildman–Crippen MR) is 63.2 cm³/mol. The Bertz CT molecular complexity index is 448. The topological polar surface area (TPSA) is 53.1 Å². The maximum Gasteiger partial charge on any atom is 0.139 e. The summed E-state index contributed by atoms with van der Waals surface area (Å²) in [6, 6.07) is 7.85. The molecular formula is C12H15N3O. The van der Waals surface area contributed by atoms with Crippen LogP contribution >= 0.6 is 0 Å². The highest BCUT2D eigenvalue weighted by Gasteiger charge is 2.02. The van der Waals surface area contributed by atoms with Gasteiger partial charge in [-0.2, -0.15) is 0 Å². The van der Waals surface area contributed by atoms with Gasteiger partial charge in [0, 0.05) is 31.5 Å². The molecule has 0 aliphatic rings. The molecule has 1 aromatic heterocycles. The number of benzene rings is 1. The zero-order valence-electron chi connectivity index (χ0n) is 9.26. The van der Waals surface area contributed by atoms with Gasteiger partial charge in [0.2, 0.25) is 0 Å². The van der Waals surface area contributed by atoms with Gasteiger partial charge in [0.25, 0.3) is 0 Å². The number of ether oxygens (including phenoxy) is 1. The SMILES string of the molecule is Cn1ccnc1-c1ccc(OCCN)cc1. The highest BCUT2D eigenvalue weighted by Crippen LogP contribution is 2.20. The van der Waals surface area contributed by atoms with E-state index in [4.69, 9.17) is 10.5 Å². The quantitative estimate of drug-likeness (QED) is 0.842. The second-order valence-corrected chi connectivity index (χ2v) is 3.52. The zero-order valence-corrected chi connectivity index (χ0v) is 9.26. The van der Waals surface area contributed by atoms with E-state index in [0.717, 1.165) is 17.1 Å². The molecule has 0 fully saturated rings. The molecule has 84 valence electrons. The molecular weight excluding hydrogens is 202 g/mol. The summed E-state index contributed by atoms with van der Waals surface area (Å²) in [5.41, 5.74) is 6.44. The van der Waals surface area contributed by atoms with Crippen LogP contribution in [-0.2, 0) is 7.05 Å². The van der Waals surface area contributed by atoms with Gasteiger partial charge >= 0.3 is 0 Å². The van der Waals surface area contributed by atoms with Crippen molar-refractivity contribution < 1.29 is 4.74 Å². The molecule has 4 nitrogen and oxygen atoms in total. The number of rotatable bonds is 4. The first-order valence-electron chi connectivity index (χ1n) is 5.22. The molecule has 0 aliphatic carbocycles. The number of aromatic nitrogens is 2. The van der Waals surface area contributed by atoms with Gasteiger partial charge in [0.1, 0.15) is 18.2 Å². The van der Waals surface area contributed by atoms with Gasteiger partial charge in [-0.05, 0) is 24.3 Å². The molecule has 0 aliphatic heterocycles. The molecule has 2 N–H and O–H groups in total. The smallest absolute Gasteiger partial charge is 0.139 e. The Balaban J connectivity index is 2.16. The van der Waals surface area contributed by atoms with Crippen molar-refractivity contribution in [1.82, 2.24) is 9.55 Å². The molecule has 16 heavy (non-hydrogen) atoms. The highest BCUT2D eigenvalue weighted by atomic mass is 16.5. The van der Waals surface area contributed by atoms with E-state index in [2.05, 4.69) is 4.98 Å². The van der Waals surface area contributed by atoms with Gasteiger partial charge in [-0.3, -0.25) is 0 Å². The molecule has 4 heteroatoms. The summed E-state index contributed by atoms with van der Waals surface area (Å²) in [5, 5.41) is 0. The van der Waals surface area contributed by atoms with Gasteiger partial charge < -0.3 is 15.0 Å². The van der Waals surface area contributed by atoms with E-state index in [0.29, 0.717) is 13.2 Å². The minimum Gasteiger partial charge on any atom is -0.492 e. The molecule has 0 amide bonds. The maximum atomic E-state index is 5.41. The largest absolute Gasteiger partial charge is 0.492 e. The first kappa shape index (κ1) is 10.7. The van der Waals surface area contributed by atoms with Crippen LogP contribution in [0.15, 0.2) is 36.7 Å².